The van der Waals surface area contributed by atoms with Crippen molar-refractivity contribution < 1.29 is 17.9 Å². The molecule has 31 heavy (non-hydrogen) atoms. The Labute approximate surface area is 183 Å². The zero-order chi connectivity index (χ0) is 22.0. The number of hydrogen-bond donors (Lipinski definition) is 1. The van der Waals surface area contributed by atoms with Crippen LogP contribution >= 0.6 is 0 Å². The first-order valence-electron chi connectivity index (χ1n) is 10.7. The van der Waals surface area contributed by atoms with E-state index in [4.69, 9.17) is 4.74 Å². The Kier molecular flexibility index (Phi) is 6.59. The van der Waals surface area contributed by atoms with Crippen LogP contribution in [0.1, 0.15) is 13.8 Å². The summed E-state index contributed by atoms with van der Waals surface area (Å²) in [4.78, 5) is 14.6. The van der Waals surface area contributed by atoms with E-state index >= 15 is 0 Å². The lowest BCUT2D eigenvalue weighted by Gasteiger charge is -2.40. The third-order valence-corrected chi connectivity index (χ3v) is 7.77. The molecular formula is C22H30N4O4S. The molecule has 0 radical (unpaired) electrons. The fourth-order valence-electron chi connectivity index (χ4n) is 4.33. The van der Waals surface area contributed by atoms with Crippen LogP contribution in [0.3, 0.4) is 0 Å². The summed E-state index contributed by atoms with van der Waals surface area (Å²) in [6.07, 6.45) is -0.227. The van der Waals surface area contributed by atoms with E-state index < -0.39 is 10.2 Å². The summed E-state index contributed by atoms with van der Waals surface area (Å²) in [5, 5.41) is 5.08. The third-order valence-electron chi connectivity index (χ3n) is 5.80. The van der Waals surface area contributed by atoms with Crippen LogP contribution in [0.25, 0.3) is 10.8 Å². The summed E-state index contributed by atoms with van der Waals surface area (Å²) in [5.41, 5.74) is 0.792. The van der Waals surface area contributed by atoms with Crippen LogP contribution in [-0.4, -0.2) is 85.9 Å². The number of carbonyl (C=O) groups is 1. The fourth-order valence-corrected chi connectivity index (χ4v) is 6.08. The highest BCUT2D eigenvalue weighted by Crippen LogP contribution is 2.23. The van der Waals surface area contributed by atoms with Crippen molar-refractivity contribution in [2.75, 3.05) is 51.1 Å². The van der Waals surface area contributed by atoms with Gasteiger partial charge in [0.25, 0.3) is 10.2 Å². The van der Waals surface area contributed by atoms with Gasteiger partial charge in [-0.05, 0) is 25.3 Å². The molecule has 0 bridgehead atoms. The number of nitrogens with zero attached hydrogens (tertiary/aromatic N) is 3. The Hall–Kier alpha value is -2.04. The van der Waals surface area contributed by atoms with Crippen LogP contribution < -0.4 is 5.32 Å². The number of rotatable bonds is 5. The van der Waals surface area contributed by atoms with Crippen molar-refractivity contribution in [3.05, 3.63) is 42.5 Å². The number of morpholine rings is 1. The molecule has 1 N–H and O–H groups in total. The number of anilines is 1. The van der Waals surface area contributed by atoms with Crippen molar-refractivity contribution in [1.29, 1.82) is 0 Å². The van der Waals surface area contributed by atoms with Crippen molar-refractivity contribution in [2.45, 2.75) is 26.1 Å². The molecule has 0 saturated carbocycles. The maximum atomic E-state index is 13.0. The second-order valence-corrected chi connectivity index (χ2v) is 10.3. The van der Waals surface area contributed by atoms with Gasteiger partial charge < -0.3 is 10.1 Å². The standard InChI is InChI=1S/C22H30N4O4S/c1-17-14-26(15-18(2)30-17)31(28,29)25-12-10-24(11-13-25)16-22(27)23-21-9-5-7-19-6-3-4-8-20(19)21/h3-9,17-18H,10-16H2,1-2H3,(H,23,27). The molecule has 2 aromatic carbocycles. The summed E-state index contributed by atoms with van der Waals surface area (Å²) in [5.74, 6) is -0.0940. The highest BCUT2D eigenvalue weighted by Gasteiger charge is 2.36. The van der Waals surface area contributed by atoms with E-state index in [2.05, 4.69) is 5.32 Å². The monoisotopic (exact) mass is 446 g/mol. The number of ether oxygens (including phenoxy) is 1. The minimum atomic E-state index is -3.52. The predicted molar refractivity (Wildman–Crippen MR) is 121 cm³/mol. The van der Waals surface area contributed by atoms with Crippen LogP contribution in [-0.2, 0) is 19.7 Å². The van der Waals surface area contributed by atoms with Crippen molar-refractivity contribution in [2.24, 2.45) is 0 Å². The van der Waals surface area contributed by atoms with Gasteiger partial charge in [0, 0.05) is 50.3 Å². The third kappa shape index (κ3) is 5.07. The Morgan fingerprint density at radius 3 is 2.32 bits per heavy atom. The van der Waals surface area contributed by atoms with Crippen molar-refractivity contribution in [3.8, 4) is 0 Å². The van der Waals surface area contributed by atoms with Crippen molar-refractivity contribution >= 4 is 32.6 Å². The second-order valence-electron chi connectivity index (χ2n) is 8.33. The van der Waals surface area contributed by atoms with Crippen molar-refractivity contribution in [1.82, 2.24) is 13.5 Å². The average molecular weight is 447 g/mol. The minimum Gasteiger partial charge on any atom is -0.373 e. The molecule has 168 valence electrons. The average Bonchev–Trinajstić information content (AvgIpc) is 2.74. The van der Waals surface area contributed by atoms with Gasteiger partial charge in [0.1, 0.15) is 0 Å². The molecule has 9 heteroatoms. The van der Waals surface area contributed by atoms with Crippen LogP contribution in [0.4, 0.5) is 5.69 Å². The fraction of sp³-hybridized carbons (Fsp3) is 0.500. The van der Waals surface area contributed by atoms with Gasteiger partial charge in [-0.3, -0.25) is 9.69 Å². The van der Waals surface area contributed by atoms with Gasteiger partial charge in [0.15, 0.2) is 0 Å². The van der Waals surface area contributed by atoms with Gasteiger partial charge in [-0.2, -0.15) is 17.0 Å². The molecule has 4 rings (SSSR count). The zero-order valence-electron chi connectivity index (χ0n) is 18.0. The largest absolute Gasteiger partial charge is 0.373 e. The number of piperazine rings is 1. The first-order chi connectivity index (χ1) is 14.8. The molecule has 0 spiro atoms. The number of nitrogens with one attached hydrogen (secondary N) is 1. The van der Waals surface area contributed by atoms with E-state index in [1.807, 2.05) is 61.2 Å². The number of amides is 1. The van der Waals surface area contributed by atoms with Gasteiger partial charge in [-0.25, -0.2) is 0 Å². The normalized spacial score (nSPS) is 24.3. The molecule has 1 amide bonds. The summed E-state index contributed by atoms with van der Waals surface area (Å²) in [7, 11) is -3.52. The Bertz CT molecular complexity index is 1020. The molecule has 2 unspecified atom stereocenters. The second kappa shape index (κ2) is 9.22. The molecule has 2 aliphatic heterocycles. The first-order valence-corrected chi connectivity index (χ1v) is 12.1. The van der Waals surface area contributed by atoms with E-state index in [0.717, 1.165) is 16.5 Å². The number of benzene rings is 2. The highest BCUT2D eigenvalue weighted by atomic mass is 32.2. The molecule has 2 saturated heterocycles. The van der Waals surface area contributed by atoms with Crippen LogP contribution in [0.5, 0.6) is 0 Å². The molecule has 0 aliphatic carbocycles. The first kappa shape index (κ1) is 22.2. The summed E-state index contributed by atoms with van der Waals surface area (Å²) < 4.78 is 34.8. The Morgan fingerprint density at radius 1 is 0.968 bits per heavy atom. The maximum absolute atomic E-state index is 13.0. The molecule has 2 heterocycles. The van der Waals surface area contributed by atoms with E-state index in [1.54, 1.807) is 0 Å². The van der Waals surface area contributed by atoms with Gasteiger partial charge in [-0.15, -0.1) is 0 Å². The summed E-state index contributed by atoms with van der Waals surface area (Å²) >= 11 is 0. The highest BCUT2D eigenvalue weighted by molar-refractivity contribution is 7.86. The van der Waals surface area contributed by atoms with E-state index in [9.17, 15) is 13.2 Å². The van der Waals surface area contributed by atoms with Gasteiger partial charge in [-0.1, -0.05) is 36.4 Å². The molecule has 2 aromatic rings. The zero-order valence-corrected chi connectivity index (χ0v) is 18.8. The Morgan fingerprint density at radius 2 is 1.61 bits per heavy atom. The van der Waals surface area contributed by atoms with Crippen LogP contribution in [0.15, 0.2) is 42.5 Å². The molecule has 2 aliphatic rings. The molecule has 8 nitrogen and oxygen atoms in total. The SMILES string of the molecule is CC1CN(S(=O)(=O)N2CCN(CC(=O)Nc3cccc4ccccc34)CC2)CC(C)O1. The minimum absolute atomic E-state index is 0.0940. The number of carbonyl (C=O) groups excluding carboxylic acids is 1. The number of hydrogen-bond acceptors (Lipinski definition) is 5. The van der Waals surface area contributed by atoms with Crippen LogP contribution in [0, 0.1) is 0 Å². The molecular weight excluding hydrogens is 416 g/mol. The number of fused-ring (bicyclic) bond motifs is 1. The topological polar surface area (TPSA) is 82.2 Å². The lowest BCUT2D eigenvalue weighted by atomic mass is 10.1. The smallest absolute Gasteiger partial charge is 0.282 e. The molecule has 2 atom stereocenters. The summed E-state index contributed by atoms with van der Waals surface area (Å²) in [6, 6.07) is 13.8. The van der Waals surface area contributed by atoms with Gasteiger partial charge >= 0.3 is 0 Å². The quantitative estimate of drug-likeness (QED) is 0.757. The summed E-state index contributed by atoms with van der Waals surface area (Å²) in [6.45, 7) is 6.59. The predicted octanol–water partition coefficient (Wildman–Crippen LogP) is 1.75. The Balaban J connectivity index is 1.32. The maximum Gasteiger partial charge on any atom is 0.282 e. The van der Waals surface area contributed by atoms with Gasteiger partial charge in [0.2, 0.25) is 5.91 Å². The van der Waals surface area contributed by atoms with Gasteiger partial charge in [0.05, 0.1) is 18.8 Å². The van der Waals surface area contributed by atoms with Crippen LogP contribution in [0.2, 0.25) is 0 Å². The lowest BCUT2D eigenvalue weighted by molar-refractivity contribution is -0.117. The van der Waals surface area contributed by atoms with Crippen molar-refractivity contribution in [3.63, 3.8) is 0 Å². The van der Waals surface area contributed by atoms with E-state index in [-0.39, 0.29) is 24.7 Å². The van der Waals surface area contributed by atoms with E-state index in [0.29, 0.717) is 39.3 Å². The molecule has 0 aromatic heterocycles. The van der Waals surface area contributed by atoms with E-state index in [1.165, 1.54) is 8.61 Å². The lowest BCUT2D eigenvalue weighted by Crippen LogP contribution is -2.57. The molecule has 2 fully saturated rings.